The molecule has 1 N–H and O–H groups in total. The van der Waals surface area contributed by atoms with Crippen LogP contribution in [0.1, 0.15) is 32.1 Å². The molecule has 1 heterocycles. The molecular weight excluding hydrogens is 501 g/mol. The summed E-state index contributed by atoms with van der Waals surface area (Å²) in [6.07, 6.45) is 6.89. The van der Waals surface area contributed by atoms with Gasteiger partial charge in [-0.1, -0.05) is 35.4 Å². The lowest BCUT2D eigenvalue weighted by Crippen LogP contribution is -2.38. The Balaban J connectivity index is 1.33. The SMILES string of the molecule is O=C(CCC/C=C\CC1[C@H](Cl)C[C@@H](O)[C@@H]1COc1cc(Cl)cc(Cl)c1)OCCN1CCOCC1. The van der Waals surface area contributed by atoms with Crippen molar-refractivity contribution in [1.82, 2.24) is 4.90 Å². The van der Waals surface area contributed by atoms with Crippen molar-refractivity contribution in [1.29, 1.82) is 0 Å². The van der Waals surface area contributed by atoms with Crippen molar-refractivity contribution in [2.24, 2.45) is 11.8 Å². The van der Waals surface area contributed by atoms with E-state index in [1.165, 1.54) is 0 Å². The molecule has 0 bridgehead atoms. The van der Waals surface area contributed by atoms with Crippen LogP contribution in [-0.4, -0.2) is 73.5 Å². The largest absolute Gasteiger partial charge is 0.493 e. The normalized spacial score (nSPS) is 25.6. The summed E-state index contributed by atoms with van der Waals surface area (Å²) in [7, 11) is 0. The standard InChI is InChI=1S/C25H34Cl3NO5/c26-18-13-19(27)15-20(14-18)34-17-22-21(23(28)16-24(22)30)5-3-1-2-4-6-25(31)33-12-9-29-7-10-32-11-8-29/h1,3,13-15,21-24,30H,2,4-12,16-17H2/b3-1-/t21?,22-,23-,24-/m1/s1. The van der Waals surface area contributed by atoms with Gasteiger partial charge >= 0.3 is 5.97 Å². The number of carbonyl (C=O) groups is 1. The Hall–Kier alpha value is -1.02. The number of aliphatic hydroxyl groups is 1. The molecule has 1 aromatic carbocycles. The third-order valence-corrected chi connectivity index (χ3v) is 7.29. The fraction of sp³-hybridized carbons (Fsp3) is 0.640. The zero-order valence-electron chi connectivity index (χ0n) is 19.3. The minimum Gasteiger partial charge on any atom is -0.493 e. The Morgan fingerprint density at radius 3 is 2.62 bits per heavy atom. The van der Waals surface area contributed by atoms with Crippen LogP contribution in [0, 0.1) is 11.8 Å². The van der Waals surface area contributed by atoms with Crippen molar-refractivity contribution in [3.8, 4) is 5.75 Å². The average Bonchev–Trinajstić information content (AvgIpc) is 3.06. The number of nitrogens with zero attached hydrogens (tertiary/aromatic N) is 1. The molecule has 1 aromatic rings. The first-order chi connectivity index (χ1) is 16.4. The first-order valence-electron chi connectivity index (χ1n) is 11.9. The number of unbranched alkanes of at least 4 members (excludes halogenated alkanes) is 1. The smallest absolute Gasteiger partial charge is 0.305 e. The molecule has 1 unspecified atom stereocenters. The van der Waals surface area contributed by atoms with Crippen LogP contribution in [0.2, 0.25) is 10.0 Å². The number of allylic oxidation sites excluding steroid dienone is 2. The van der Waals surface area contributed by atoms with Gasteiger partial charge in [-0.15, -0.1) is 11.6 Å². The van der Waals surface area contributed by atoms with E-state index in [1.807, 2.05) is 0 Å². The first kappa shape index (κ1) is 27.6. The molecule has 9 heteroatoms. The third-order valence-electron chi connectivity index (χ3n) is 6.35. The number of alkyl halides is 1. The Morgan fingerprint density at radius 1 is 1.15 bits per heavy atom. The van der Waals surface area contributed by atoms with Gasteiger partial charge in [-0.05, 0) is 49.8 Å². The lowest BCUT2D eigenvalue weighted by atomic mass is 9.92. The highest BCUT2D eigenvalue weighted by atomic mass is 35.5. The summed E-state index contributed by atoms with van der Waals surface area (Å²) < 4.78 is 16.5. The Labute approximate surface area is 217 Å². The van der Waals surface area contributed by atoms with Crippen LogP contribution in [0.4, 0.5) is 0 Å². The van der Waals surface area contributed by atoms with E-state index >= 15 is 0 Å². The highest BCUT2D eigenvalue weighted by molar-refractivity contribution is 6.34. The highest BCUT2D eigenvalue weighted by Crippen LogP contribution is 2.39. The second-order valence-corrected chi connectivity index (χ2v) is 10.3. The van der Waals surface area contributed by atoms with E-state index in [0.29, 0.717) is 41.9 Å². The van der Waals surface area contributed by atoms with E-state index in [4.69, 9.17) is 49.0 Å². The minimum atomic E-state index is -0.511. The van der Waals surface area contributed by atoms with Gasteiger partial charge in [0.15, 0.2) is 0 Å². The number of morpholine rings is 1. The maximum atomic E-state index is 11.9. The highest BCUT2D eigenvalue weighted by Gasteiger charge is 2.41. The number of benzene rings is 1. The molecule has 1 aliphatic heterocycles. The number of rotatable bonds is 12. The summed E-state index contributed by atoms with van der Waals surface area (Å²) in [5.74, 6) is 0.452. The Bertz CT molecular complexity index is 783. The van der Waals surface area contributed by atoms with E-state index < -0.39 is 6.10 Å². The molecule has 6 nitrogen and oxygen atoms in total. The van der Waals surface area contributed by atoms with E-state index in [0.717, 1.165) is 52.1 Å². The first-order valence-corrected chi connectivity index (χ1v) is 13.1. The van der Waals surface area contributed by atoms with Gasteiger partial charge in [0.2, 0.25) is 0 Å². The van der Waals surface area contributed by atoms with Gasteiger partial charge < -0.3 is 19.3 Å². The zero-order chi connectivity index (χ0) is 24.3. The van der Waals surface area contributed by atoms with E-state index in [2.05, 4.69) is 17.1 Å². The van der Waals surface area contributed by atoms with Gasteiger partial charge in [0, 0.05) is 47.4 Å². The van der Waals surface area contributed by atoms with Crippen molar-refractivity contribution >= 4 is 40.8 Å². The average molecular weight is 535 g/mol. The summed E-state index contributed by atoms with van der Waals surface area (Å²) >= 11 is 18.6. The number of ether oxygens (including phenoxy) is 3. The van der Waals surface area contributed by atoms with Gasteiger partial charge in [0.25, 0.3) is 0 Å². The lowest BCUT2D eigenvalue weighted by Gasteiger charge is -2.26. The topological polar surface area (TPSA) is 68.2 Å². The summed E-state index contributed by atoms with van der Waals surface area (Å²) in [6, 6.07) is 5.05. The summed E-state index contributed by atoms with van der Waals surface area (Å²) in [5.41, 5.74) is 0. The van der Waals surface area contributed by atoms with Crippen LogP contribution < -0.4 is 4.74 Å². The second kappa shape index (κ2) is 14.5. The van der Waals surface area contributed by atoms with E-state index in [1.54, 1.807) is 18.2 Å². The molecular formula is C25H34Cl3NO5. The molecule has 190 valence electrons. The summed E-state index contributed by atoms with van der Waals surface area (Å²) in [6.45, 7) is 4.81. The summed E-state index contributed by atoms with van der Waals surface area (Å²) in [4.78, 5) is 14.2. The molecule has 0 amide bonds. The van der Waals surface area contributed by atoms with Crippen molar-refractivity contribution in [3.05, 3.63) is 40.4 Å². The van der Waals surface area contributed by atoms with Crippen LogP contribution in [0.25, 0.3) is 0 Å². The number of halogens is 3. The van der Waals surface area contributed by atoms with Crippen LogP contribution >= 0.6 is 34.8 Å². The maximum absolute atomic E-state index is 11.9. The Morgan fingerprint density at radius 2 is 1.88 bits per heavy atom. The van der Waals surface area contributed by atoms with Crippen molar-refractivity contribution in [2.45, 2.75) is 43.6 Å². The predicted octanol–water partition coefficient (Wildman–Crippen LogP) is 4.97. The van der Waals surface area contributed by atoms with Crippen LogP contribution in [-0.2, 0) is 14.3 Å². The molecule has 0 spiro atoms. The van der Waals surface area contributed by atoms with Gasteiger partial charge in [-0.3, -0.25) is 9.69 Å². The summed E-state index contributed by atoms with van der Waals surface area (Å²) in [5, 5.41) is 11.4. The predicted molar refractivity (Wildman–Crippen MR) is 135 cm³/mol. The van der Waals surface area contributed by atoms with Gasteiger partial charge in [-0.2, -0.15) is 0 Å². The molecule has 1 aliphatic carbocycles. The molecule has 4 atom stereocenters. The van der Waals surface area contributed by atoms with Crippen LogP contribution in [0.3, 0.4) is 0 Å². The van der Waals surface area contributed by atoms with Crippen LogP contribution in [0.15, 0.2) is 30.4 Å². The van der Waals surface area contributed by atoms with Crippen molar-refractivity contribution in [3.63, 3.8) is 0 Å². The van der Waals surface area contributed by atoms with Gasteiger partial charge in [0.05, 0.1) is 25.9 Å². The molecule has 2 aliphatic rings. The lowest BCUT2D eigenvalue weighted by molar-refractivity contribution is -0.144. The molecule has 0 radical (unpaired) electrons. The van der Waals surface area contributed by atoms with Crippen molar-refractivity contribution < 1.29 is 24.1 Å². The number of carbonyl (C=O) groups excluding carboxylic acids is 1. The molecule has 2 fully saturated rings. The molecule has 1 saturated carbocycles. The monoisotopic (exact) mass is 533 g/mol. The Kier molecular flexibility index (Phi) is 11.8. The van der Waals surface area contributed by atoms with Crippen molar-refractivity contribution in [2.75, 3.05) is 46.1 Å². The van der Waals surface area contributed by atoms with Gasteiger partial charge in [0.1, 0.15) is 12.4 Å². The number of hydrogen-bond acceptors (Lipinski definition) is 6. The fourth-order valence-electron chi connectivity index (χ4n) is 4.42. The number of aliphatic hydroxyl groups excluding tert-OH is 1. The molecule has 34 heavy (non-hydrogen) atoms. The second-order valence-electron chi connectivity index (χ2n) is 8.84. The number of esters is 1. The van der Waals surface area contributed by atoms with E-state index in [9.17, 15) is 9.90 Å². The third kappa shape index (κ3) is 9.21. The fourth-order valence-corrected chi connectivity index (χ4v) is 5.39. The number of hydrogen-bond donors (Lipinski definition) is 1. The van der Waals surface area contributed by atoms with Gasteiger partial charge in [-0.25, -0.2) is 0 Å². The molecule has 3 rings (SSSR count). The van der Waals surface area contributed by atoms with E-state index in [-0.39, 0.29) is 23.2 Å². The van der Waals surface area contributed by atoms with Crippen LogP contribution in [0.5, 0.6) is 5.75 Å². The maximum Gasteiger partial charge on any atom is 0.305 e. The molecule has 0 aromatic heterocycles. The quantitative estimate of drug-likeness (QED) is 0.177. The molecule has 1 saturated heterocycles. The zero-order valence-corrected chi connectivity index (χ0v) is 21.6. The minimum absolute atomic E-state index is 0.0775.